The number of hydrogen-bond acceptors (Lipinski definition) is 7. The largest absolute Gasteiger partial charge is 0.462 e. The average Bonchev–Trinajstić information content (AvgIpc) is 3.19. The fraction of sp³-hybridized carbons (Fsp3) is 0.320. The molecule has 4 rings (SSSR count). The SMILES string of the molecule is C=Cc1c(C(=O)OCC)c(C(=O)OCC)c2c(-c3ccccc3)cc(N3CCOCC3)nn12. The molecule has 0 radical (unpaired) electrons. The Bertz CT molecular complexity index is 1180. The molecule has 2 aromatic heterocycles. The highest BCUT2D eigenvalue weighted by Gasteiger charge is 2.32. The maximum atomic E-state index is 13.2. The summed E-state index contributed by atoms with van der Waals surface area (Å²) in [7, 11) is 0. The standard InChI is InChI=1S/C25H27N3O5/c1-4-19-21(24(29)32-5-2)22(25(30)33-6-3)23-18(17-10-8-7-9-11-17)16-20(26-28(19)23)27-12-14-31-15-13-27/h4,7-11,16H,1,5-6,12-15H2,2-3H3. The molecule has 0 bridgehead atoms. The summed E-state index contributed by atoms with van der Waals surface area (Å²) in [5.74, 6) is -0.509. The number of ether oxygens (including phenoxy) is 3. The van der Waals surface area contributed by atoms with Gasteiger partial charge in [0, 0.05) is 18.7 Å². The van der Waals surface area contributed by atoms with Crippen LogP contribution < -0.4 is 4.90 Å². The Morgan fingerprint density at radius 3 is 2.30 bits per heavy atom. The Labute approximate surface area is 192 Å². The van der Waals surface area contributed by atoms with E-state index in [1.807, 2.05) is 36.4 Å². The van der Waals surface area contributed by atoms with Crippen LogP contribution in [0.5, 0.6) is 0 Å². The lowest BCUT2D eigenvalue weighted by Crippen LogP contribution is -2.37. The number of aromatic nitrogens is 2. The molecule has 1 fully saturated rings. The number of hydrogen-bond donors (Lipinski definition) is 0. The highest BCUT2D eigenvalue weighted by molar-refractivity contribution is 6.13. The molecule has 0 aliphatic carbocycles. The van der Waals surface area contributed by atoms with Crippen molar-refractivity contribution in [2.45, 2.75) is 13.8 Å². The van der Waals surface area contributed by atoms with E-state index in [0.717, 1.165) is 11.1 Å². The lowest BCUT2D eigenvalue weighted by molar-refractivity contribution is 0.0481. The van der Waals surface area contributed by atoms with Crippen LogP contribution in [0.4, 0.5) is 5.82 Å². The van der Waals surface area contributed by atoms with Gasteiger partial charge in [0.1, 0.15) is 16.9 Å². The third-order valence-corrected chi connectivity index (χ3v) is 5.49. The van der Waals surface area contributed by atoms with Crippen LogP contribution in [0.3, 0.4) is 0 Å². The molecule has 0 spiro atoms. The summed E-state index contributed by atoms with van der Waals surface area (Å²) in [4.78, 5) is 28.3. The fourth-order valence-corrected chi connectivity index (χ4v) is 4.05. The van der Waals surface area contributed by atoms with Crippen molar-refractivity contribution in [1.29, 1.82) is 0 Å². The fourth-order valence-electron chi connectivity index (χ4n) is 4.05. The first kappa shape index (κ1) is 22.5. The monoisotopic (exact) mass is 449 g/mol. The van der Waals surface area contributed by atoms with Crippen LogP contribution in [-0.4, -0.2) is 61.1 Å². The smallest absolute Gasteiger partial charge is 0.341 e. The number of esters is 2. The van der Waals surface area contributed by atoms with Gasteiger partial charge in [0.25, 0.3) is 0 Å². The lowest BCUT2D eigenvalue weighted by Gasteiger charge is -2.28. The van der Waals surface area contributed by atoms with E-state index in [2.05, 4.69) is 11.5 Å². The minimum absolute atomic E-state index is 0.106. The first-order valence-corrected chi connectivity index (χ1v) is 11.0. The van der Waals surface area contributed by atoms with Crippen molar-refractivity contribution >= 4 is 29.3 Å². The number of carbonyl (C=O) groups excluding carboxylic acids is 2. The third kappa shape index (κ3) is 4.21. The number of carbonyl (C=O) groups is 2. The Hall–Kier alpha value is -3.65. The summed E-state index contributed by atoms with van der Waals surface area (Å²) in [5, 5.41) is 4.82. The minimum atomic E-state index is -0.618. The average molecular weight is 450 g/mol. The van der Waals surface area contributed by atoms with Gasteiger partial charge in [0.15, 0.2) is 0 Å². The van der Waals surface area contributed by atoms with Crippen molar-refractivity contribution < 1.29 is 23.8 Å². The van der Waals surface area contributed by atoms with Crippen LogP contribution in [-0.2, 0) is 14.2 Å². The van der Waals surface area contributed by atoms with Crippen LogP contribution in [0.15, 0.2) is 43.0 Å². The van der Waals surface area contributed by atoms with Crippen LogP contribution in [0.1, 0.15) is 40.3 Å². The molecule has 0 amide bonds. The molecule has 33 heavy (non-hydrogen) atoms. The van der Waals surface area contributed by atoms with Gasteiger partial charge in [0.05, 0.1) is 37.6 Å². The van der Waals surface area contributed by atoms with Crippen LogP contribution >= 0.6 is 0 Å². The van der Waals surface area contributed by atoms with Crippen LogP contribution in [0.2, 0.25) is 0 Å². The van der Waals surface area contributed by atoms with Gasteiger partial charge in [-0.25, -0.2) is 14.1 Å². The number of rotatable bonds is 7. The molecule has 8 heteroatoms. The Morgan fingerprint density at radius 1 is 1.06 bits per heavy atom. The molecule has 3 aromatic rings. The lowest BCUT2D eigenvalue weighted by atomic mass is 10.0. The van der Waals surface area contributed by atoms with Gasteiger partial charge < -0.3 is 19.1 Å². The molecular weight excluding hydrogens is 422 g/mol. The zero-order valence-corrected chi connectivity index (χ0v) is 18.9. The van der Waals surface area contributed by atoms with E-state index in [1.54, 1.807) is 18.4 Å². The van der Waals surface area contributed by atoms with Gasteiger partial charge >= 0.3 is 11.9 Å². The number of fused-ring (bicyclic) bond motifs is 1. The molecule has 0 atom stereocenters. The maximum Gasteiger partial charge on any atom is 0.341 e. The van der Waals surface area contributed by atoms with Gasteiger partial charge in [-0.3, -0.25) is 0 Å². The van der Waals surface area contributed by atoms with Crippen molar-refractivity contribution in [2.24, 2.45) is 0 Å². The maximum absolute atomic E-state index is 13.2. The summed E-state index contributed by atoms with van der Waals surface area (Å²) >= 11 is 0. The third-order valence-electron chi connectivity index (χ3n) is 5.49. The number of nitrogens with zero attached hydrogens (tertiary/aromatic N) is 3. The minimum Gasteiger partial charge on any atom is -0.462 e. The van der Waals surface area contributed by atoms with E-state index >= 15 is 0 Å². The van der Waals surface area contributed by atoms with Crippen molar-refractivity contribution in [3.63, 3.8) is 0 Å². The van der Waals surface area contributed by atoms with Gasteiger partial charge in [-0.05, 0) is 31.6 Å². The first-order chi connectivity index (χ1) is 16.1. The summed E-state index contributed by atoms with van der Waals surface area (Å²) in [6.07, 6.45) is 1.52. The summed E-state index contributed by atoms with van der Waals surface area (Å²) in [6, 6.07) is 11.6. The van der Waals surface area contributed by atoms with E-state index < -0.39 is 11.9 Å². The topological polar surface area (TPSA) is 82.4 Å². The number of morpholine rings is 1. The van der Waals surface area contributed by atoms with E-state index in [1.165, 1.54) is 6.08 Å². The zero-order chi connectivity index (χ0) is 23.4. The van der Waals surface area contributed by atoms with E-state index in [-0.39, 0.29) is 24.3 Å². The highest BCUT2D eigenvalue weighted by atomic mass is 16.5. The van der Waals surface area contributed by atoms with E-state index in [4.69, 9.17) is 19.3 Å². The molecule has 0 saturated carbocycles. The van der Waals surface area contributed by atoms with Gasteiger partial charge in [-0.15, -0.1) is 5.10 Å². The van der Waals surface area contributed by atoms with Crippen LogP contribution in [0, 0.1) is 0 Å². The second-order valence-electron chi connectivity index (χ2n) is 7.42. The molecule has 8 nitrogen and oxygen atoms in total. The number of benzene rings is 1. The second kappa shape index (κ2) is 9.87. The zero-order valence-electron chi connectivity index (χ0n) is 18.9. The van der Waals surface area contributed by atoms with Crippen LogP contribution in [0.25, 0.3) is 22.7 Å². The second-order valence-corrected chi connectivity index (χ2v) is 7.42. The van der Waals surface area contributed by atoms with E-state index in [9.17, 15) is 9.59 Å². The van der Waals surface area contributed by atoms with Crippen molar-refractivity contribution in [3.05, 3.63) is 59.8 Å². The van der Waals surface area contributed by atoms with Crippen molar-refractivity contribution in [1.82, 2.24) is 9.61 Å². The molecule has 172 valence electrons. The predicted molar refractivity (Wildman–Crippen MR) is 126 cm³/mol. The van der Waals surface area contributed by atoms with Gasteiger partial charge in [-0.1, -0.05) is 36.9 Å². The number of anilines is 1. The van der Waals surface area contributed by atoms with E-state index in [0.29, 0.717) is 43.3 Å². The molecular formula is C25H27N3O5. The summed E-state index contributed by atoms with van der Waals surface area (Å²) in [5.41, 5.74) is 2.75. The predicted octanol–water partition coefficient (Wildman–Crippen LogP) is 3.83. The van der Waals surface area contributed by atoms with Gasteiger partial charge in [0.2, 0.25) is 0 Å². The molecule has 1 aliphatic heterocycles. The summed E-state index contributed by atoms with van der Waals surface area (Å²) < 4.78 is 17.8. The van der Waals surface area contributed by atoms with Crippen molar-refractivity contribution in [2.75, 3.05) is 44.4 Å². The quantitative estimate of drug-likeness (QED) is 0.507. The molecule has 0 N–H and O–H groups in total. The molecule has 1 aromatic carbocycles. The Kier molecular flexibility index (Phi) is 6.74. The Morgan fingerprint density at radius 2 is 1.70 bits per heavy atom. The highest BCUT2D eigenvalue weighted by Crippen LogP contribution is 2.36. The van der Waals surface area contributed by atoms with Crippen molar-refractivity contribution in [3.8, 4) is 11.1 Å². The first-order valence-electron chi connectivity index (χ1n) is 11.0. The normalized spacial score (nSPS) is 13.7. The molecule has 3 heterocycles. The Balaban J connectivity index is 2.10. The summed E-state index contributed by atoms with van der Waals surface area (Å²) in [6.45, 7) is 10.2. The van der Waals surface area contributed by atoms with Gasteiger partial charge in [-0.2, -0.15) is 0 Å². The molecule has 1 aliphatic rings. The molecule has 1 saturated heterocycles. The molecule has 0 unspecified atom stereocenters.